The number of aromatic nitrogens is 3. The van der Waals surface area contributed by atoms with Crippen molar-refractivity contribution in [1.29, 1.82) is 0 Å². The van der Waals surface area contributed by atoms with E-state index in [2.05, 4.69) is 29.4 Å². The highest BCUT2D eigenvalue weighted by atomic mass is 15.3. The largest absolute Gasteiger partial charge is 0.271 e. The first-order chi connectivity index (χ1) is 6.81. The van der Waals surface area contributed by atoms with Gasteiger partial charge in [-0.1, -0.05) is 13.3 Å². The standard InChI is InChI=1S/C9H19N5/c1-3-5-8(13-10)6-9-11-7-12-14(9)4-2/h7-8,13H,3-6,10H2,1-2H3. The van der Waals surface area contributed by atoms with E-state index in [0.29, 0.717) is 6.04 Å². The molecular formula is C9H19N5. The van der Waals surface area contributed by atoms with Crippen LogP contribution in [-0.2, 0) is 13.0 Å². The summed E-state index contributed by atoms with van der Waals surface area (Å²) < 4.78 is 1.90. The van der Waals surface area contributed by atoms with Crippen LogP contribution in [-0.4, -0.2) is 20.8 Å². The smallest absolute Gasteiger partial charge is 0.138 e. The first kappa shape index (κ1) is 11.1. The van der Waals surface area contributed by atoms with Gasteiger partial charge >= 0.3 is 0 Å². The summed E-state index contributed by atoms with van der Waals surface area (Å²) in [5.41, 5.74) is 2.81. The molecule has 0 aromatic carbocycles. The van der Waals surface area contributed by atoms with Crippen LogP contribution in [0.5, 0.6) is 0 Å². The molecule has 80 valence electrons. The average Bonchev–Trinajstić information content (AvgIpc) is 2.64. The summed E-state index contributed by atoms with van der Waals surface area (Å²) in [6, 6.07) is 0.300. The molecule has 1 unspecified atom stereocenters. The van der Waals surface area contributed by atoms with Crippen molar-refractivity contribution in [2.24, 2.45) is 5.84 Å². The van der Waals surface area contributed by atoms with Crippen LogP contribution in [0.25, 0.3) is 0 Å². The minimum atomic E-state index is 0.300. The molecule has 1 aromatic rings. The zero-order valence-electron chi connectivity index (χ0n) is 8.90. The third-order valence-electron chi connectivity index (χ3n) is 2.30. The van der Waals surface area contributed by atoms with Crippen LogP contribution in [0.2, 0.25) is 0 Å². The van der Waals surface area contributed by atoms with Gasteiger partial charge in [0.1, 0.15) is 12.2 Å². The van der Waals surface area contributed by atoms with Crippen LogP contribution in [0.15, 0.2) is 6.33 Å². The molecule has 0 spiro atoms. The summed E-state index contributed by atoms with van der Waals surface area (Å²) in [4.78, 5) is 4.21. The Balaban J connectivity index is 2.56. The maximum absolute atomic E-state index is 5.46. The number of hydrogen-bond donors (Lipinski definition) is 2. The van der Waals surface area contributed by atoms with Crippen molar-refractivity contribution in [3.63, 3.8) is 0 Å². The molecule has 0 aliphatic carbocycles. The van der Waals surface area contributed by atoms with E-state index in [0.717, 1.165) is 31.6 Å². The van der Waals surface area contributed by atoms with Crippen molar-refractivity contribution in [3.8, 4) is 0 Å². The topological polar surface area (TPSA) is 68.8 Å². The Hall–Kier alpha value is -0.940. The molecule has 0 saturated heterocycles. The van der Waals surface area contributed by atoms with E-state index >= 15 is 0 Å². The van der Waals surface area contributed by atoms with Gasteiger partial charge < -0.3 is 0 Å². The summed E-state index contributed by atoms with van der Waals surface area (Å²) in [7, 11) is 0. The lowest BCUT2D eigenvalue weighted by Crippen LogP contribution is -2.37. The maximum Gasteiger partial charge on any atom is 0.138 e. The summed E-state index contributed by atoms with van der Waals surface area (Å²) in [5, 5.41) is 4.12. The highest BCUT2D eigenvalue weighted by Crippen LogP contribution is 2.04. The van der Waals surface area contributed by atoms with Gasteiger partial charge in [-0.15, -0.1) is 0 Å². The van der Waals surface area contributed by atoms with Gasteiger partial charge in [-0.25, -0.2) is 4.98 Å². The number of nitrogens with one attached hydrogen (secondary N) is 1. The lowest BCUT2D eigenvalue weighted by Gasteiger charge is -2.14. The van der Waals surface area contributed by atoms with E-state index < -0.39 is 0 Å². The Morgan fingerprint density at radius 3 is 2.93 bits per heavy atom. The minimum absolute atomic E-state index is 0.300. The predicted octanol–water partition coefficient (Wildman–Crippen LogP) is 0.473. The van der Waals surface area contributed by atoms with Gasteiger partial charge in [-0.2, -0.15) is 5.10 Å². The number of nitrogens with zero attached hydrogens (tertiary/aromatic N) is 3. The zero-order valence-corrected chi connectivity index (χ0v) is 8.90. The highest BCUT2D eigenvalue weighted by molar-refractivity contribution is 4.89. The van der Waals surface area contributed by atoms with Crippen molar-refractivity contribution in [3.05, 3.63) is 12.2 Å². The lowest BCUT2D eigenvalue weighted by molar-refractivity contribution is 0.462. The fourth-order valence-electron chi connectivity index (χ4n) is 1.52. The van der Waals surface area contributed by atoms with Crippen LogP contribution in [0.1, 0.15) is 32.5 Å². The molecule has 0 radical (unpaired) electrons. The summed E-state index contributed by atoms with van der Waals surface area (Å²) >= 11 is 0. The molecule has 0 fully saturated rings. The highest BCUT2D eigenvalue weighted by Gasteiger charge is 2.10. The van der Waals surface area contributed by atoms with Crippen LogP contribution >= 0.6 is 0 Å². The SMILES string of the molecule is CCCC(Cc1ncnn1CC)NN. The molecule has 1 heterocycles. The van der Waals surface area contributed by atoms with Crippen LogP contribution in [0, 0.1) is 0 Å². The van der Waals surface area contributed by atoms with Crippen molar-refractivity contribution in [1.82, 2.24) is 20.2 Å². The molecule has 5 heteroatoms. The number of nitrogens with two attached hydrogens (primary N) is 1. The second-order valence-electron chi connectivity index (χ2n) is 3.35. The molecule has 3 N–H and O–H groups in total. The van der Waals surface area contributed by atoms with Gasteiger partial charge in [-0.3, -0.25) is 16.0 Å². The summed E-state index contributed by atoms with van der Waals surface area (Å²) in [6.07, 6.45) is 4.62. The van der Waals surface area contributed by atoms with Gasteiger partial charge in [0.25, 0.3) is 0 Å². The van der Waals surface area contributed by atoms with E-state index in [1.807, 2.05) is 4.68 Å². The number of rotatable bonds is 6. The van der Waals surface area contributed by atoms with Crippen LogP contribution in [0.4, 0.5) is 0 Å². The fourth-order valence-corrected chi connectivity index (χ4v) is 1.52. The molecule has 5 nitrogen and oxygen atoms in total. The minimum Gasteiger partial charge on any atom is -0.271 e. The Bertz CT molecular complexity index is 257. The monoisotopic (exact) mass is 197 g/mol. The molecule has 0 bridgehead atoms. The van der Waals surface area contributed by atoms with Crippen molar-refractivity contribution < 1.29 is 0 Å². The first-order valence-corrected chi connectivity index (χ1v) is 5.14. The summed E-state index contributed by atoms with van der Waals surface area (Å²) in [5.74, 6) is 6.46. The number of hydrazine groups is 1. The van der Waals surface area contributed by atoms with E-state index in [9.17, 15) is 0 Å². The van der Waals surface area contributed by atoms with E-state index in [-0.39, 0.29) is 0 Å². The molecule has 0 amide bonds. The zero-order chi connectivity index (χ0) is 10.4. The maximum atomic E-state index is 5.46. The Morgan fingerprint density at radius 1 is 1.57 bits per heavy atom. The molecule has 0 aliphatic rings. The van der Waals surface area contributed by atoms with Gasteiger partial charge in [0.05, 0.1) is 0 Å². The average molecular weight is 197 g/mol. The lowest BCUT2D eigenvalue weighted by atomic mass is 10.1. The molecule has 14 heavy (non-hydrogen) atoms. The number of hydrogen-bond acceptors (Lipinski definition) is 4. The van der Waals surface area contributed by atoms with Crippen molar-refractivity contribution in [2.75, 3.05) is 0 Å². The quantitative estimate of drug-likeness (QED) is 0.514. The molecule has 1 aromatic heterocycles. The Labute approximate surface area is 84.7 Å². The molecular weight excluding hydrogens is 178 g/mol. The second kappa shape index (κ2) is 5.72. The van der Waals surface area contributed by atoms with Crippen LogP contribution < -0.4 is 11.3 Å². The molecule has 0 saturated carbocycles. The van der Waals surface area contributed by atoms with Gasteiger partial charge in [0.2, 0.25) is 0 Å². The predicted molar refractivity (Wildman–Crippen MR) is 55.4 cm³/mol. The summed E-state index contributed by atoms with van der Waals surface area (Å²) in [6.45, 7) is 5.07. The Morgan fingerprint density at radius 2 is 2.36 bits per heavy atom. The van der Waals surface area contributed by atoms with Gasteiger partial charge in [-0.05, 0) is 13.3 Å². The van der Waals surface area contributed by atoms with Gasteiger partial charge in [0, 0.05) is 19.0 Å². The van der Waals surface area contributed by atoms with Gasteiger partial charge in [0.15, 0.2) is 0 Å². The van der Waals surface area contributed by atoms with Crippen molar-refractivity contribution >= 4 is 0 Å². The van der Waals surface area contributed by atoms with Crippen molar-refractivity contribution in [2.45, 2.75) is 45.7 Å². The molecule has 1 atom stereocenters. The van der Waals surface area contributed by atoms with E-state index in [1.54, 1.807) is 6.33 Å². The third-order valence-corrected chi connectivity index (χ3v) is 2.30. The fraction of sp³-hybridized carbons (Fsp3) is 0.778. The second-order valence-corrected chi connectivity index (χ2v) is 3.35. The van der Waals surface area contributed by atoms with E-state index in [4.69, 9.17) is 5.84 Å². The molecule has 0 aliphatic heterocycles. The normalized spacial score (nSPS) is 13.1. The van der Waals surface area contributed by atoms with E-state index in [1.165, 1.54) is 0 Å². The first-order valence-electron chi connectivity index (χ1n) is 5.14. The van der Waals surface area contributed by atoms with Crippen LogP contribution in [0.3, 0.4) is 0 Å². The number of aryl methyl sites for hydroxylation is 1. The molecule has 1 rings (SSSR count). The third kappa shape index (κ3) is 2.78. The Kier molecular flexibility index (Phi) is 4.55.